The average Bonchev–Trinajstić information content (AvgIpc) is 3.05. The van der Waals surface area contributed by atoms with Crippen molar-refractivity contribution in [3.05, 3.63) is 30.0 Å². The lowest BCUT2D eigenvalue weighted by Gasteiger charge is -2.01. The van der Waals surface area contributed by atoms with E-state index in [0.29, 0.717) is 18.8 Å². The van der Waals surface area contributed by atoms with Crippen molar-refractivity contribution in [2.45, 2.75) is 6.42 Å². The molecular weight excluding hydrogens is 244 g/mol. The summed E-state index contributed by atoms with van der Waals surface area (Å²) in [6.07, 6.45) is 0.767. The Hall–Kier alpha value is -2.37. The molecule has 0 saturated carbocycles. The Balaban J connectivity index is 1.81. The van der Waals surface area contributed by atoms with Crippen LogP contribution in [-0.2, 0) is 11.9 Å². The Labute approximate surface area is 110 Å². The number of aryl methyl sites for hydroxylation is 1. The molecule has 1 aliphatic heterocycles. The Morgan fingerprint density at radius 3 is 3.11 bits per heavy atom. The third-order valence-corrected chi connectivity index (χ3v) is 3.10. The molecule has 0 bridgehead atoms. The molecule has 0 unspecified atom stereocenters. The SMILES string of the molecule is Cn1nc(C(=O)NCC2=NOCC2)c2ccccc21. The Morgan fingerprint density at radius 2 is 2.32 bits per heavy atom. The minimum absolute atomic E-state index is 0.189. The Bertz CT molecular complexity index is 660. The van der Waals surface area contributed by atoms with E-state index < -0.39 is 0 Å². The monoisotopic (exact) mass is 258 g/mol. The molecule has 1 aromatic carbocycles. The molecule has 1 aromatic heterocycles. The molecule has 0 atom stereocenters. The summed E-state index contributed by atoms with van der Waals surface area (Å²) in [4.78, 5) is 17.0. The number of nitrogens with one attached hydrogen (secondary N) is 1. The molecule has 98 valence electrons. The topological polar surface area (TPSA) is 68.5 Å². The number of carbonyl (C=O) groups excluding carboxylic acids is 1. The smallest absolute Gasteiger partial charge is 0.272 e. The molecule has 2 aromatic rings. The van der Waals surface area contributed by atoms with Crippen LogP contribution in [0.4, 0.5) is 0 Å². The van der Waals surface area contributed by atoms with Gasteiger partial charge in [-0.25, -0.2) is 0 Å². The number of hydrogen-bond donors (Lipinski definition) is 1. The quantitative estimate of drug-likeness (QED) is 0.895. The van der Waals surface area contributed by atoms with Crippen LogP contribution in [0.2, 0.25) is 0 Å². The van der Waals surface area contributed by atoms with Crippen LogP contribution in [0.1, 0.15) is 16.9 Å². The van der Waals surface area contributed by atoms with Crippen LogP contribution in [-0.4, -0.2) is 34.6 Å². The molecule has 1 aliphatic rings. The maximum absolute atomic E-state index is 12.1. The van der Waals surface area contributed by atoms with Gasteiger partial charge in [-0.1, -0.05) is 23.4 Å². The van der Waals surface area contributed by atoms with Gasteiger partial charge < -0.3 is 10.2 Å². The molecule has 1 N–H and O–H groups in total. The van der Waals surface area contributed by atoms with Gasteiger partial charge >= 0.3 is 0 Å². The van der Waals surface area contributed by atoms with Gasteiger partial charge in [-0.05, 0) is 6.07 Å². The van der Waals surface area contributed by atoms with Crippen LogP contribution in [0.15, 0.2) is 29.4 Å². The number of aromatic nitrogens is 2. The zero-order valence-electron chi connectivity index (χ0n) is 10.6. The highest BCUT2D eigenvalue weighted by Gasteiger charge is 2.16. The van der Waals surface area contributed by atoms with E-state index in [2.05, 4.69) is 15.6 Å². The first-order valence-electron chi connectivity index (χ1n) is 6.13. The van der Waals surface area contributed by atoms with Gasteiger partial charge in [-0.3, -0.25) is 9.48 Å². The summed E-state index contributed by atoms with van der Waals surface area (Å²) in [7, 11) is 1.83. The summed E-state index contributed by atoms with van der Waals surface area (Å²) in [6, 6.07) is 7.66. The minimum Gasteiger partial charge on any atom is -0.395 e. The second-order valence-corrected chi connectivity index (χ2v) is 4.41. The third kappa shape index (κ3) is 2.16. The maximum Gasteiger partial charge on any atom is 0.272 e. The first kappa shape index (κ1) is 11.7. The van der Waals surface area contributed by atoms with Gasteiger partial charge in [0.05, 0.1) is 17.8 Å². The van der Waals surface area contributed by atoms with Crippen LogP contribution >= 0.6 is 0 Å². The van der Waals surface area contributed by atoms with Crippen molar-refractivity contribution in [3.63, 3.8) is 0 Å². The summed E-state index contributed by atoms with van der Waals surface area (Å²) in [5.41, 5.74) is 2.24. The van der Waals surface area contributed by atoms with E-state index in [4.69, 9.17) is 4.84 Å². The van der Waals surface area contributed by atoms with E-state index in [1.165, 1.54) is 0 Å². The predicted molar refractivity (Wildman–Crippen MR) is 71.1 cm³/mol. The lowest BCUT2D eigenvalue weighted by Crippen LogP contribution is -2.29. The molecule has 3 rings (SSSR count). The molecule has 0 saturated heterocycles. The number of rotatable bonds is 3. The summed E-state index contributed by atoms with van der Waals surface area (Å²) in [5.74, 6) is -0.189. The molecule has 0 fully saturated rings. The van der Waals surface area contributed by atoms with Gasteiger partial charge in [0.2, 0.25) is 0 Å². The summed E-state index contributed by atoms with van der Waals surface area (Å²) >= 11 is 0. The number of carbonyl (C=O) groups is 1. The zero-order chi connectivity index (χ0) is 13.2. The summed E-state index contributed by atoms with van der Waals surface area (Å²) in [6.45, 7) is 1.00. The van der Waals surface area contributed by atoms with Gasteiger partial charge in [0.1, 0.15) is 6.61 Å². The van der Waals surface area contributed by atoms with Crippen molar-refractivity contribution in [1.82, 2.24) is 15.1 Å². The lowest BCUT2D eigenvalue weighted by atomic mass is 10.2. The number of amides is 1. The number of hydrogen-bond acceptors (Lipinski definition) is 4. The van der Waals surface area contributed by atoms with Crippen molar-refractivity contribution in [1.29, 1.82) is 0 Å². The molecule has 6 nitrogen and oxygen atoms in total. The number of fused-ring (bicyclic) bond motifs is 1. The van der Waals surface area contributed by atoms with Gasteiger partial charge in [0, 0.05) is 18.9 Å². The molecule has 1 amide bonds. The van der Waals surface area contributed by atoms with Gasteiger partial charge in [-0.15, -0.1) is 0 Å². The summed E-state index contributed by atoms with van der Waals surface area (Å²) < 4.78 is 1.71. The van der Waals surface area contributed by atoms with E-state index in [1.807, 2.05) is 31.3 Å². The number of para-hydroxylation sites is 1. The van der Waals surface area contributed by atoms with Crippen LogP contribution < -0.4 is 5.32 Å². The second-order valence-electron chi connectivity index (χ2n) is 4.41. The zero-order valence-corrected chi connectivity index (χ0v) is 10.6. The van der Waals surface area contributed by atoms with E-state index in [9.17, 15) is 4.79 Å². The van der Waals surface area contributed by atoms with Crippen LogP contribution in [0.5, 0.6) is 0 Å². The van der Waals surface area contributed by atoms with Crippen LogP contribution in [0, 0.1) is 0 Å². The van der Waals surface area contributed by atoms with E-state index >= 15 is 0 Å². The highest BCUT2D eigenvalue weighted by atomic mass is 16.6. The molecular formula is C13H14N4O2. The number of benzene rings is 1. The van der Waals surface area contributed by atoms with Gasteiger partial charge in [0.15, 0.2) is 5.69 Å². The Kier molecular flexibility index (Phi) is 2.91. The van der Waals surface area contributed by atoms with Gasteiger partial charge in [0.25, 0.3) is 5.91 Å². The third-order valence-electron chi connectivity index (χ3n) is 3.10. The predicted octanol–water partition coefficient (Wildman–Crippen LogP) is 1.08. The highest BCUT2D eigenvalue weighted by molar-refractivity contribution is 6.06. The molecule has 6 heteroatoms. The number of oxime groups is 1. The van der Waals surface area contributed by atoms with Crippen molar-refractivity contribution in [2.75, 3.05) is 13.2 Å². The average molecular weight is 258 g/mol. The molecule has 0 radical (unpaired) electrons. The van der Waals surface area contributed by atoms with Crippen molar-refractivity contribution in [2.24, 2.45) is 12.2 Å². The fourth-order valence-corrected chi connectivity index (χ4v) is 2.11. The van der Waals surface area contributed by atoms with E-state index in [-0.39, 0.29) is 5.91 Å². The first-order chi connectivity index (χ1) is 9.25. The fraction of sp³-hybridized carbons (Fsp3) is 0.308. The molecule has 2 heterocycles. The number of nitrogens with zero attached hydrogens (tertiary/aromatic N) is 3. The van der Waals surface area contributed by atoms with Crippen molar-refractivity contribution < 1.29 is 9.63 Å². The molecule has 0 spiro atoms. The molecule has 19 heavy (non-hydrogen) atoms. The van der Waals surface area contributed by atoms with Crippen LogP contribution in [0.3, 0.4) is 0 Å². The summed E-state index contributed by atoms with van der Waals surface area (Å²) in [5, 5.41) is 11.8. The highest BCUT2D eigenvalue weighted by Crippen LogP contribution is 2.17. The van der Waals surface area contributed by atoms with E-state index in [0.717, 1.165) is 23.0 Å². The maximum atomic E-state index is 12.1. The fourth-order valence-electron chi connectivity index (χ4n) is 2.11. The first-order valence-corrected chi connectivity index (χ1v) is 6.13. The van der Waals surface area contributed by atoms with Crippen molar-refractivity contribution >= 4 is 22.5 Å². The standard InChI is InChI=1S/C13H14N4O2/c1-17-11-5-3-2-4-10(11)12(15-17)13(18)14-8-9-6-7-19-16-9/h2-5H,6-8H2,1H3,(H,14,18). The normalized spacial score (nSPS) is 14.3. The van der Waals surface area contributed by atoms with Gasteiger partial charge in [-0.2, -0.15) is 5.10 Å². The lowest BCUT2D eigenvalue weighted by molar-refractivity contribution is 0.0955. The van der Waals surface area contributed by atoms with Crippen LogP contribution in [0.25, 0.3) is 10.9 Å². The largest absolute Gasteiger partial charge is 0.395 e. The van der Waals surface area contributed by atoms with Crippen molar-refractivity contribution in [3.8, 4) is 0 Å². The second kappa shape index (κ2) is 4.72. The Morgan fingerprint density at radius 1 is 1.47 bits per heavy atom. The molecule has 0 aliphatic carbocycles. The minimum atomic E-state index is -0.189. The van der Waals surface area contributed by atoms with E-state index in [1.54, 1.807) is 4.68 Å².